The summed E-state index contributed by atoms with van der Waals surface area (Å²) < 4.78 is 0.779. The van der Waals surface area contributed by atoms with Crippen molar-refractivity contribution in [2.75, 3.05) is 24.6 Å². The maximum absolute atomic E-state index is 12.4. The van der Waals surface area contributed by atoms with Crippen molar-refractivity contribution in [3.05, 3.63) is 28.2 Å². The third-order valence-electron chi connectivity index (χ3n) is 3.30. The van der Waals surface area contributed by atoms with Crippen LogP contribution in [-0.4, -0.2) is 42.5 Å². The molecule has 1 aromatic carbocycles. The second-order valence-electron chi connectivity index (χ2n) is 4.67. The Balaban J connectivity index is 2.21. The van der Waals surface area contributed by atoms with Crippen molar-refractivity contribution in [1.82, 2.24) is 10.6 Å². The molecule has 3 N–H and O–H groups in total. The van der Waals surface area contributed by atoms with Crippen molar-refractivity contribution < 1.29 is 19.5 Å². The lowest BCUT2D eigenvalue weighted by atomic mass is 10.1. The molecule has 0 aromatic heterocycles. The van der Waals surface area contributed by atoms with E-state index >= 15 is 0 Å². The summed E-state index contributed by atoms with van der Waals surface area (Å²) in [5.74, 6) is -2.07. The van der Waals surface area contributed by atoms with Crippen molar-refractivity contribution in [3.63, 3.8) is 0 Å². The molecule has 1 aliphatic heterocycles. The number of fused-ring (bicyclic) bond motifs is 1. The molecule has 118 valence electrons. The van der Waals surface area contributed by atoms with E-state index in [9.17, 15) is 14.4 Å². The second kappa shape index (κ2) is 6.89. The largest absolute Gasteiger partial charge is 0.395 e. The Morgan fingerprint density at radius 3 is 2.73 bits per heavy atom. The summed E-state index contributed by atoms with van der Waals surface area (Å²) in [4.78, 5) is 37.4. The Morgan fingerprint density at radius 1 is 1.36 bits per heavy atom. The molecule has 0 bridgehead atoms. The van der Waals surface area contributed by atoms with Crippen LogP contribution in [0.5, 0.6) is 0 Å². The number of carbonyl (C=O) groups excluding carboxylic acids is 3. The van der Waals surface area contributed by atoms with Crippen LogP contribution >= 0.6 is 15.9 Å². The minimum atomic E-state index is -0.907. The van der Waals surface area contributed by atoms with Crippen molar-refractivity contribution >= 4 is 39.3 Å². The van der Waals surface area contributed by atoms with Gasteiger partial charge in [-0.05, 0) is 25.1 Å². The number of aliphatic hydroxyl groups excluding tert-OH is 1. The summed E-state index contributed by atoms with van der Waals surface area (Å²) in [5, 5.41) is 13.3. The molecule has 3 amide bonds. The van der Waals surface area contributed by atoms with Crippen molar-refractivity contribution in [2.24, 2.45) is 0 Å². The van der Waals surface area contributed by atoms with Gasteiger partial charge in [0.2, 0.25) is 0 Å². The van der Waals surface area contributed by atoms with E-state index in [1.807, 2.05) is 13.0 Å². The fraction of sp³-hybridized carbons (Fsp3) is 0.357. The zero-order chi connectivity index (χ0) is 16.3. The average Bonchev–Trinajstić information content (AvgIpc) is 2.76. The van der Waals surface area contributed by atoms with Gasteiger partial charge in [0.15, 0.2) is 0 Å². The van der Waals surface area contributed by atoms with Gasteiger partial charge in [0.25, 0.3) is 5.91 Å². The van der Waals surface area contributed by atoms with Gasteiger partial charge in [-0.1, -0.05) is 15.9 Å². The molecule has 0 saturated heterocycles. The van der Waals surface area contributed by atoms with Crippen LogP contribution in [-0.2, 0) is 14.4 Å². The standard InChI is InChI=1S/C14H16BrN3O4/c1-2-18-10-4-3-8(15)7-9(10)11(14(18)22)17-13(21)12(20)16-5-6-19/h3-4,7,11,19H,2,5-6H2,1H3,(H,16,20)(H,17,21). The van der Waals surface area contributed by atoms with Crippen LogP contribution in [0.2, 0.25) is 0 Å². The molecule has 0 spiro atoms. The van der Waals surface area contributed by atoms with E-state index in [0.29, 0.717) is 12.1 Å². The number of rotatable bonds is 4. The summed E-state index contributed by atoms with van der Waals surface area (Å²) in [7, 11) is 0. The SMILES string of the molecule is CCN1C(=O)C(NC(=O)C(=O)NCCO)c2cc(Br)ccc21. The summed E-state index contributed by atoms with van der Waals surface area (Å²) in [6, 6.07) is 4.46. The van der Waals surface area contributed by atoms with Crippen LogP contribution in [0.3, 0.4) is 0 Å². The second-order valence-corrected chi connectivity index (χ2v) is 5.59. The van der Waals surface area contributed by atoms with E-state index in [0.717, 1.165) is 10.2 Å². The van der Waals surface area contributed by atoms with Crippen LogP contribution in [0, 0.1) is 0 Å². The molecule has 22 heavy (non-hydrogen) atoms. The number of halogens is 1. The number of hydrogen-bond acceptors (Lipinski definition) is 4. The number of amides is 3. The summed E-state index contributed by atoms with van der Waals surface area (Å²) in [5.41, 5.74) is 1.36. The van der Waals surface area contributed by atoms with Crippen molar-refractivity contribution in [2.45, 2.75) is 13.0 Å². The van der Waals surface area contributed by atoms with Gasteiger partial charge < -0.3 is 20.6 Å². The molecule has 2 rings (SSSR count). The van der Waals surface area contributed by atoms with Crippen molar-refractivity contribution in [1.29, 1.82) is 0 Å². The average molecular weight is 370 g/mol. The van der Waals surface area contributed by atoms with Gasteiger partial charge in [-0.3, -0.25) is 14.4 Å². The lowest BCUT2D eigenvalue weighted by Gasteiger charge is -2.15. The van der Waals surface area contributed by atoms with E-state index in [-0.39, 0.29) is 19.1 Å². The molecule has 1 heterocycles. The highest BCUT2D eigenvalue weighted by Gasteiger charge is 2.38. The van der Waals surface area contributed by atoms with Gasteiger partial charge in [-0.25, -0.2) is 0 Å². The normalized spacial score (nSPS) is 16.4. The molecule has 0 saturated carbocycles. The van der Waals surface area contributed by atoms with E-state index in [1.54, 1.807) is 17.0 Å². The number of nitrogens with zero attached hydrogens (tertiary/aromatic N) is 1. The molecule has 1 unspecified atom stereocenters. The molecular weight excluding hydrogens is 354 g/mol. The minimum absolute atomic E-state index is 0.0198. The fourth-order valence-electron chi connectivity index (χ4n) is 2.32. The monoisotopic (exact) mass is 369 g/mol. The minimum Gasteiger partial charge on any atom is -0.395 e. The number of likely N-dealkylation sites (N-methyl/N-ethyl adjacent to an activating group) is 1. The number of benzene rings is 1. The van der Waals surface area contributed by atoms with Crippen LogP contribution in [0.25, 0.3) is 0 Å². The highest BCUT2D eigenvalue weighted by Crippen LogP contribution is 2.37. The molecule has 1 atom stereocenters. The van der Waals surface area contributed by atoms with E-state index in [2.05, 4.69) is 26.6 Å². The maximum Gasteiger partial charge on any atom is 0.310 e. The zero-order valence-corrected chi connectivity index (χ0v) is 13.5. The summed E-state index contributed by atoms with van der Waals surface area (Å²) >= 11 is 3.33. The molecule has 0 radical (unpaired) electrons. The lowest BCUT2D eigenvalue weighted by Crippen LogP contribution is -2.45. The quantitative estimate of drug-likeness (QED) is 0.654. The summed E-state index contributed by atoms with van der Waals surface area (Å²) in [6.07, 6.45) is 0. The lowest BCUT2D eigenvalue weighted by molar-refractivity contribution is -0.140. The first-order valence-corrected chi connectivity index (χ1v) is 7.59. The number of nitrogens with one attached hydrogen (secondary N) is 2. The highest BCUT2D eigenvalue weighted by molar-refractivity contribution is 9.10. The van der Waals surface area contributed by atoms with Gasteiger partial charge in [0.1, 0.15) is 6.04 Å². The number of carbonyl (C=O) groups is 3. The predicted octanol–water partition coefficient (Wildman–Crippen LogP) is 0.0814. The Labute approximate surface area is 135 Å². The molecule has 0 fully saturated rings. The Hall–Kier alpha value is -1.93. The van der Waals surface area contributed by atoms with Gasteiger partial charge in [0.05, 0.1) is 6.61 Å². The number of hydrogen-bond donors (Lipinski definition) is 3. The predicted molar refractivity (Wildman–Crippen MR) is 83.1 cm³/mol. The first-order valence-electron chi connectivity index (χ1n) is 6.80. The van der Waals surface area contributed by atoms with E-state index in [1.165, 1.54) is 0 Å². The van der Waals surface area contributed by atoms with Gasteiger partial charge >= 0.3 is 11.8 Å². The van der Waals surface area contributed by atoms with E-state index in [4.69, 9.17) is 5.11 Å². The maximum atomic E-state index is 12.4. The highest BCUT2D eigenvalue weighted by atomic mass is 79.9. The van der Waals surface area contributed by atoms with Crippen LogP contribution < -0.4 is 15.5 Å². The van der Waals surface area contributed by atoms with Crippen LogP contribution in [0.4, 0.5) is 5.69 Å². The van der Waals surface area contributed by atoms with E-state index < -0.39 is 17.9 Å². The molecular formula is C14H16BrN3O4. The van der Waals surface area contributed by atoms with Crippen LogP contribution in [0.15, 0.2) is 22.7 Å². The molecule has 1 aromatic rings. The number of aliphatic hydroxyl groups is 1. The van der Waals surface area contributed by atoms with Crippen LogP contribution in [0.1, 0.15) is 18.5 Å². The summed E-state index contributed by atoms with van der Waals surface area (Å²) in [6.45, 7) is 2.02. The molecule has 1 aliphatic rings. The Morgan fingerprint density at radius 2 is 2.09 bits per heavy atom. The molecule has 7 nitrogen and oxygen atoms in total. The molecule has 0 aliphatic carbocycles. The van der Waals surface area contributed by atoms with Gasteiger partial charge in [-0.15, -0.1) is 0 Å². The Kier molecular flexibility index (Phi) is 5.15. The zero-order valence-electron chi connectivity index (χ0n) is 11.9. The fourth-order valence-corrected chi connectivity index (χ4v) is 2.70. The van der Waals surface area contributed by atoms with Gasteiger partial charge in [-0.2, -0.15) is 0 Å². The number of anilines is 1. The third-order valence-corrected chi connectivity index (χ3v) is 3.79. The molecule has 8 heteroatoms. The van der Waals surface area contributed by atoms with Gasteiger partial charge in [0, 0.05) is 28.8 Å². The van der Waals surface area contributed by atoms with Crippen molar-refractivity contribution in [3.8, 4) is 0 Å². The smallest absolute Gasteiger partial charge is 0.310 e. The first kappa shape index (κ1) is 16.4. The topological polar surface area (TPSA) is 98.7 Å². The Bertz CT molecular complexity index is 620. The first-order chi connectivity index (χ1) is 10.5. The third kappa shape index (κ3) is 3.12.